The molecule has 4 nitrogen and oxygen atoms in total. The predicted octanol–water partition coefficient (Wildman–Crippen LogP) is 3.38. The van der Waals surface area contributed by atoms with E-state index in [1.807, 2.05) is 24.3 Å². The summed E-state index contributed by atoms with van der Waals surface area (Å²) in [7, 11) is 0. The van der Waals surface area contributed by atoms with Gasteiger partial charge in [-0.3, -0.25) is 0 Å². The van der Waals surface area contributed by atoms with Crippen molar-refractivity contribution in [3.63, 3.8) is 0 Å². The lowest BCUT2D eigenvalue weighted by Crippen LogP contribution is -2.38. The van der Waals surface area contributed by atoms with Crippen LogP contribution in [0.25, 0.3) is 0 Å². The lowest BCUT2D eigenvalue weighted by Gasteiger charge is -2.33. The monoisotopic (exact) mass is 288 g/mol. The quantitative estimate of drug-likeness (QED) is 0.850. The van der Waals surface area contributed by atoms with Gasteiger partial charge in [-0.1, -0.05) is 11.6 Å². The van der Waals surface area contributed by atoms with Gasteiger partial charge in [-0.15, -0.1) is 0 Å². The summed E-state index contributed by atoms with van der Waals surface area (Å²) in [6.07, 6.45) is 1.57. The van der Waals surface area contributed by atoms with Crippen LogP contribution in [0.3, 0.4) is 0 Å². The van der Waals surface area contributed by atoms with Crippen molar-refractivity contribution in [2.75, 3.05) is 24.6 Å². The number of hydrogen-bond acceptors (Lipinski definition) is 4. The van der Waals surface area contributed by atoms with Crippen LogP contribution < -0.4 is 4.90 Å². The average Bonchev–Trinajstić information content (AvgIpc) is 3.01. The lowest BCUT2D eigenvalue weighted by molar-refractivity contribution is 0.0257. The van der Waals surface area contributed by atoms with Crippen molar-refractivity contribution in [3.05, 3.63) is 52.9 Å². The fraction of sp³-hybridized carbons (Fsp3) is 0.267. The van der Waals surface area contributed by atoms with Crippen LogP contribution in [-0.4, -0.2) is 19.7 Å². The molecule has 3 rings (SSSR count). The molecule has 5 heteroatoms. The number of morpholine rings is 1. The number of nitriles is 1. The first-order valence-electron chi connectivity index (χ1n) is 6.37. The third kappa shape index (κ3) is 2.51. The van der Waals surface area contributed by atoms with Gasteiger partial charge >= 0.3 is 0 Å². The summed E-state index contributed by atoms with van der Waals surface area (Å²) in [4.78, 5) is 2.18. The van der Waals surface area contributed by atoms with Crippen molar-refractivity contribution in [2.45, 2.75) is 6.10 Å². The Morgan fingerprint density at radius 1 is 1.35 bits per heavy atom. The second-order valence-corrected chi connectivity index (χ2v) is 5.00. The van der Waals surface area contributed by atoms with Gasteiger partial charge in [0.1, 0.15) is 17.9 Å². The Bertz CT molecular complexity index is 634. The Kier molecular flexibility index (Phi) is 3.64. The Morgan fingerprint density at radius 2 is 2.25 bits per heavy atom. The molecule has 102 valence electrons. The Labute approximate surface area is 122 Å². The van der Waals surface area contributed by atoms with E-state index in [0.29, 0.717) is 23.7 Å². The van der Waals surface area contributed by atoms with Crippen LogP contribution in [0.5, 0.6) is 0 Å². The van der Waals surface area contributed by atoms with Gasteiger partial charge in [-0.2, -0.15) is 5.26 Å². The highest BCUT2D eigenvalue weighted by Crippen LogP contribution is 2.29. The molecule has 0 amide bonds. The van der Waals surface area contributed by atoms with Crippen LogP contribution in [0.15, 0.2) is 41.0 Å². The minimum absolute atomic E-state index is 0.0758. The van der Waals surface area contributed by atoms with Crippen LogP contribution in [0.2, 0.25) is 5.02 Å². The van der Waals surface area contributed by atoms with Crippen LogP contribution in [-0.2, 0) is 4.74 Å². The van der Waals surface area contributed by atoms with E-state index in [9.17, 15) is 0 Å². The second kappa shape index (κ2) is 5.58. The molecular weight excluding hydrogens is 276 g/mol. The number of nitrogens with zero attached hydrogens (tertiary/aromatic N) is 2. The number of furan rings is 1. The van der Waals surface area contributed by atoms with Gasteiger partial charge in [0.25, 0.3) is 0 Å². The number of ether oxygens (including phenoxy) is 1. The van der Waals surface area contributed by atoms with Crippen LogP contribution in [0.4, 0.5) is 5.69 Å². The standard InChI is InChI=1S/C15H13ClN2O2/c16-13-8-12(4-3-11(13)9-17)18-5-7-20-15(10-18)14-2-1-6-19-14/h1-4,6,8,15H,5,7,10H2. The van der Waals surface area contributed by atoms with Crippen molar-refractivity contribution in [1.82, 2.24) is 0 Å². The number of benzene rings is 1. The first kappa shape index (κ1) is 13.0. The minimum Gasteiger partial charge on any atom is -0.467 e. The molecule has 1 unspecified atom stereocenters. The Morgan fingerprint density at radius 3 is 2.95 bits per heavy atom. The maximum absolute atomic E-state index is 8.91. The van der Waals surface area contributed by atoms with E-state index in [1.54, 1.807) is 12.3 Å². The minimum atomic E-state index is -0.0758. The normalized spacial score (nSPS) is 18.8. The average molecular weight is 289 g/mol. The largest absolute Gasteiger partial charge is 0.467 e. The molecule has 1 fully saturated rings. The summed E-state index contributed by atoms with van der Waals surface area (Å²) >= 11 is 6.09. The zero-order chi connectivity index (χ0) is 13.9. The first-order valence-corrected chi connectivity index (χ1v) is 6.75. The Hall–Kier alpha value is -1.96. The van der Waals surface area contributed by atoms with Crippen molar-refractivity contribution < 1.29 is 9.15 Å². The molecule has 0 bridgehead atoms. The zero-order valence-electron chi connectivity index (χ0n) is 10.8. The summed E-state index contributed by atoms with van der Waals surface area (Å²) in [6.45, 7) is 2.12. The van der Waals surface area contributed by atoms with Gasteiger partial charge in [-0.25, -0.2) is 0 Å². The SMILES string of the molecule is N#Cc1ccc(N2CCOC(c3ccco3)C2)cc1Cl. The molecule has 0 N–H and O–H groups in total. The smallest absolute Gasteiger partial charge is 0.134 e. The van der Waals surface area contributed by atoms with Gasteiger partial charge < -0.3 is 14.1 Å². The summed E-state index contributed by atoms with van der Waals surface area (Å²) in [5.74, 6) is 0.828. The number of hydrogen-bond donors (Lipinski definition) is 0. The highest BCUT2D eigenvalue weighted by Gasteiger charge is 2.24. The van der Waals surface area contributed by atoms with E-state index in [-0.39, 0.29) is 6.10 Å². The van der Waals surface area contributed by atoms with Crippen molar-refractivity contribution in [2.24, 2.45) is 0 Å². The molecule has 1 aliphatic heterocycles. The molecule has 1 aromatic heterocycles. The van der Waals surface area contributed by atoms with Gasteiger partial charge in [-0.05, 0) is 30.3 Å². The molecule has 20 heavy (non-hydrogen) atoms. The first-order chi connectivity index (χ1) is 9.78. The molecule has 0 radical (unpaired) electrons. The van der Waals surface area contributed by atoms with E-state index in [4.69, 9.17) is 26.0 Å². The van der Waals surface area contributed by atoms with Crippen LogP contribution in [0.1, 0.15) is 17.4 Å². The van der Waals surface area contributed by atoms with E-state index < -0.39 is 0 Å². The number of rotatable bonds is 2. The highest BCUT2D eigenvalue weighted by molar-refractivity contribution is 6.32. The van der Waals surface area contributed by atoms with Crippen LogP contribution in [0, 0.1) is 11.3 Å². The molecule has 1 saturated heterocycles. The molecule has 0 saturated carbocycles. The van der Waals surface area contributed by atoms with Crippen LogP contribution >= 0.6 is 11.6 Å². The van der Waals surface area contributed by atoms with Gasteiger partial charge in [0.15, 0.2) is 0 Å². The molecule has 0 spiro atoms. The Balaban J connectivity index is 1.80. The zero-order valence-corrected chi connectivity index (χ0v) is 11.5. The molecule has 1 aliphatic rings. The maximum atomic E-state index is 8.91. The summed E-state index contributed by atoms with van der Waals surface area (Å²) in [5.41, 5.74) is 1.49. The van der Waals surface area contributed by atoms with Gasteiger partial charge in [0.05, 0.1) is 30.0 Å². The number of halogens is 1. The molecule has 1 aromatic carbocycles. The third-order valence-electron chi connectivity index (χ3n) is 3.37. The topological polar surface area (TPSA) is 49.4 Å². The number of anilines is 1. The predicted molar refractivity (Wildman–Crippen MR) is 75.8 cm³/mol. The molecule has 0 aliphatic carbocycles. The second-order valence-electron chi connectivity index (χ2n) is 4.60. The van der Waals surface area contributed by atoms with Crippen molar-refractivity contribution in [3.8, 4) is 6.07 Å². The van der Waals surface area contributed by atoms with E-state index >= 15 is 0 Å². The molecule has 1 atom stereocenters. The fourth-order valence-corrected chi connectivity index (χ4v) is 2.54. The molecular formula is C15H13ClN2O2. The molecule has 2 heterocycles. The van der Waals surface area contributed by atoms with Crippen molar-refractivity contribution in [1.29, 1.82) is 5.26 Å². The summed E-state index contributed by atoms with van der Waals surface area (Å²) < 4.78 is 11.1. The van der Waals surface area contributed by atoms with E-state index in [0.717, 1.165) is 18.0 Å². The molecule has 2 aromatic rings. The fourth-order valence-electron chi connectivity index (χ4n) is 2.32. The highest BCUT2D eigenvalue weighted by atomic mass is 35.5. The van der Waals surface area contributed by atoms with Crippen molar-refractivity contribution >= 4 is 17.3 Å². The van der Waals surface area contributed by atoms with E-state index in [2.05, 4.69) is 11.0 Å². The summed E-state index contributed by atoms with van der Waals surface area (Å²) in [5, 5.41) is 9.38. The summed E-state index contributed by atoms with van der Waals surface area (Å²) in [6, 6.07) is 11.3. The lowest BCUT2D eigenvalue weighted by atomic mass is 10.1. The maximum Gasteiger partial charge on any atom is 0.134 e. The third-order valence-corrected chi connectivity index (χ3v) is 3.68. The van der Waals surface area contributed by atoms with E-state index in [1.165, 1.54) is 0 Å². The van der Waals surface area contributed by atoms with Gasteiger partial charge in [0, 0.05) is 12.2 Å². The van der Waals surface area contributed by atoms with Gasteiger partial charge in [0.2, 0.25) is 0 Å².